The lowest BCUT2D eigenvalue weighted by Crippen LogP contribution is -2.43. The van der Waals surface area contributed by atoms with E-state index in [1.165, 1.54) is 6.92 Å². The Hall–Kier alpha value is -2.24. The molecule has 138 valence electrons. The first-order valence-electron chi connectivity index (χ1n) is 9.00. The third-order valence-corrected chi connectivity index (χ3v) is 4.17. The number of carbonyl (C=O) groups excluding carboxylic acids is 2. The van der Waals surface area contributed by atoms with Crippen molar-refractivity contribution in [1.29, 1.82) is 0 Å². The van der Waals surface area contributed by atoms with Crippen LogP contribution in [0.2, 0.25) is 0 Å². The standard InChI is InChI=1S/C19H28N2O4/c1-3-21(19(23)11-5-4-8-12-20-15(2)22)13-16-14-24-17-9-6-7-10-18(17)25-16/h6-7,9-10,16H,3-5,8,11-14H2,1-2H3,(H,20,22). The molecule has 0 fully saturated rings. The number of nitrogens with zero attached hydrogens (tertiary/aromatic N) is 1. The van der Waals surface area contributed by atoms with Crippen molar-refractivity contribution in [2.24, 2.45) is 0 Å². The number of amides is 2. The first-order valence-corrected chi connectivity index (χ1v) is 9.00. The second-order valence-corrected chi connectivity index (χ2v) is 6.22. The molecule has 6 nitrogen and oxygen atoms in total. The second kappa shape index (κ2) is 9.91. The van der Waals surface area contributed by atoms with E-state index in [1.54, 1.807) is 0 Å². The third kappa shape index (κ3) is 6.29. The van der Waals surface area contributed by atoms with Crippen LogP contribution in [0.25, 0.3) is 0 Å². The van der Waals surface area contributed by atoms with Crippen molar-refractivity contribution in [3.63, 3.8) is 0 Å². The molecule has 6 heteroatoms. The number of hydrogen-bond donors (Lipinski definition) is 1. The van der Waals surface area contributed by atoms with Gasteiger partial charge >= 0.3 is 0 Å². The number of ether oxygens (including phenoxy) is 2. The Morgan fingerprint density at radius 2 is 1.96 bits per heavy atom. The Morgan fingerprint density at radius 3 is 2.68 bits per heavy atom. The lowest BCUT2D eigenvalue weighted by molar-refractivity contribution is -0.132. The average molecular weight is 348 g/mol. The highest BCUT2D eigenvalue weighted by molar-refractivity contribution is 5.76. The van der Waals surface area contributed by atoms with Gasteiger partial charge in [-0.1, -0.05) is 18.6 Å². The predicted molar refractivity (Wildman–Crippen MR) is 95.8 cm³/mol. The summed E-state index contributed by atoms with van der Waals surface area (Å²) in [7, 11) is 0. The number of likely N-dealkylation sites (N-methyl/N-ethyl adjacent to an activating group) is 1. The molecule has 1 unspecified atom stereocenters. The highest BCUT2D eigenvalue weighted by Crippen LogP contribution is 2.31. The van der Waals surface area contributed by atoms with E-state index in [2.05, 4.69) is 5.32 Å². The molecule has 0 radical (unpaired) electrons. The molecule has 1 aliphatic heterocycles. The van der Waals surface area contributed by atoms with Crippen LogP contribution in [-0.4, -0.2) is 49.1 Å². The monoisotopic (exact) mass is 348 g/mol. The number of carbonyl (C=O) groups is 2. The first kappa shape index (κ1) is 19.1. The van der Waals surface area contributed by atoms with Crippen LogP contribution >= 0.6 is 0 Å². The number of hydrogen-bond acceptors (Lipinski definition) is 4. The Labute approximate surface area is 149 Å². The van der Waals surface area contributed by atoms with E-state index in [0.717, 1.165) is 30.8 Å². The van der Waals surface area contributed by atoms with Crippen molar-refractivity contribution >= 4 is 11.8 Å². The maximum atomic E-state index is 12.4. The summed E-state index contributed by atoms with van der Waals surface area (Å²) in [5, 5.41) is 2.77. The predicted octanol–water partition coefficient (Wildman–Crippen LogP) is 2.37. The van der Waals surface area contributed by atoms with Crippen LogP contribution in [0.4, 0.5) is 0 Å². The van der Waals surface area contributed by atoms with Gasteiger partial charge in [-0.3, -0.25) is 9.59 Å². The topological polar surface area (TPSA) is 67.9 Å². The summed E-state index contributed by atoms with van der Waals surface area (Å²) in [6.45, 7) is 5.82. The van der Waals surface area contributed by atoms with Crippen LogP contribution in [0, 0.1) is 0 Å². The van der Waals surface area contributed by atoms with Gasteiger partial charge in [0.05, 0.1) is 6.54 Å². The fourth-order valence-electron chi connectivity index (χ4n) is 2.81. The van der Waals surface area contributed by atoms with Gasteiger partial charge in [0.2, 0.25) is 11.8 Å². The van der Waals surface area contributed by atoms with E-state index in [0.29, 0.717) is 32.7 Å². The molecule has 2 amide bonds. The molecular weight excluding hydrogens is 320 g/mol. The summed E-state index contributed by atoms with van der Waals surface area (Å²) in [4.78, 5) is 25.0. The van der Waals surface area contributed by atoms with Gasteiger partial charge in [0.15, 0.2) is 17.6 Å². The van der Waals surface area contributed by atoms with Crippen molar-refractivity contribution in [3.8, 4) is 11.5 Å². The van der Waals surface area contributed by atoms with Gasteiger partial charge in [-0.15, -0.1) is 0 Å². The number of unbranched alkanes of at least 4 members (excludes halogenated alkanes) is 2. The Kier molecular flexibility index (Phi) is 7.57. The molecule has 2 rings (SSSR count). The molecule has 0 saturated carbocycles. The van der Waals surface area contributed by atoms with E-state index in [9.17, 15) is 9.59 Å². The van der Waals surface area contributed by atoms with Crippen molar-refractivity contribution in [2.75, 3.05) is 26.2 Å². The van der Waals surface area contributed by atoms with Crippen molar-refractivity contribution < 1.29 is 19.1 Å². The third-order valence-electron chi connectivity index (χ3n) is 4.17. The minimum atomic E-state index is -0.140. The zero-order valence-electron chi connectivity index (χ0n) is 15.1. The number of para-hydroxylation sites is 2. The van der Waals surface area contributed by atoms with Crippen LogP contribution in [0.15, 0.2) is 24.3 Å². The summed E-state index contributed by atoms with van der Waals surface area (Å²) in [6.07, 6.45) is 3.05. The SMILES string of the molecule is CCN(CC1COc2ccccc2O1)C(=O)CCCCCNC(C)=O. The van der Waals surface area contributed by atoms with Crippen molar-refractivity contribution in [1.82, 2.24) is 10.2 Å². The minimum Gasteiger partial charge on any atom is -0.486 e. The molecular formula is C19H28N2O4. The van der Waals surface area contributed by atoms with E-state index >= 15 is 0 Å². The number of benzene rings is 1. The molecule has 0 bridgehead atoms. The summed E-state index contributed by atoms with van der Waals surface area (Å²) in [5.41, 5.74) is 0. The molecule has 1 atom stereocenters. The minimum absolute atomic E-state index is 0.00971. The molecule has 1 aromatic rings. The van der Waals surface area contributed by atoms with Crippen LogP contribution in [0.1, 0.15) is 39.5 Å². The highest BCUT2D eigenvalue weighted by atomic mass is 16.6. The molecule has 0 spiro atoms. The average Bonchev–Trinajstić information content (AvgIpc) is 2.62. The van der Waals surface area contributed by atoms with E-state index in [-0.39, 0.29) is 17.9 Å². The quantitative estimate of drug-likeness (QED) is 0.696. The summed E-state index contributed by atoms with van der Waals surface area (Å²) >= 11 is 0. The molecule has 25 heavy (non-hydrogen) atoms. The molecule has 1 heterocycles. The maximum Gasteiger partial charge on any atom is 0.222 e. The molecule has 0 saturated heterocycles. The molecule has 0 aliphatic carbocycles. The Balaban J connectivity index is 1.71. The molecule has 1 aromatic carbocycles. The van der Waals surface area contributed by atoms with E-state index in [1.807, 2.05) is 36.1 Å². The van der Waals surface area contributed by atoms with E-state index in [4.69, 9.17) is 9.47 Å². The molecule has 1 aliphatic rings. The zero-order chi connectivity index (χ0) is 18.1. The van der Waals surface area contributed by atoms with Gasteiger partial charge in [-0.05, 0) is 31.9 Å². The van der Waals surface area contributed by atoms with Crippen molar-refractivity contribution in [2.45, 2.75) is 45.6 Å². The maximum absolute atomic E-state index is 12.4. The van der Waals surface area contributed by atoms with Gasteiger partial charge < -0.3 is 19.7 Å². The zero-order valence-corrected chi connectivity index (χ0v) is 15.1. The number of fused-ring (bicyclic) bond motifs is 1. The molecule has 1 N–H and O–H groups in total. The van der Waals surface area contributed by atoms with Crippen LogP contribution < -0.4 is 14.8 Å². The number of rotatable bonds is 9. The van der Waals surface area contributed by atoms with Crippen LogP contribution in [-0.2, 0) is 9.59 Å². The lowest BCUT2D eigenvalue weighted by Gasteiger charge is -2.31. The second-order valence-electron chi connectivity index (χ2n) is 6.22. The number of nitrogens with one attached hydrogen (secondary N) is 1. The normalized spacial score (nSPS) is 15.5. The van der Waals surface area contributed by atoms with Gasteiger partial charge in [0.1, 0.15) is 6.61 Å². The molecule has 0 aromatic heterocycles. The van der Waals surface area contributed by atoms with Gasteiger partial charge in [0, 0.05) is 26.4 Å². The Bertz CT molecular complexity index is 576. The smallest absolute Gasteiger partial charge is 0.222 e. The van der Waals surface area contributed by atoms with Crippen LogP contribution in [0.3, 0.4) is 0 Å². The summed E-state index contributed by atoms with van der Waals surface area (Å²) in [5.74, 6) is 1.63. The summed E-state index contributed by atoms with van der Waals surface area (Å²) in [6, 6.07) is 7.59. The van der Waals surface area contributed by atoms with Gasteiger partial charge in [-0.2, -0.15) is 0 Å². The first-order chi connectivity index (χ1) is 12.1. The lowest BCUT2D eigenvalue weighted by atomic mass is 10.1. The van der Waals surface area contributed by atoms with E-state index < -0.39 is 0 Å². The van der Waals surface area contributed by atoms with Gasteiger partial charge in [-0.25, -0.2) is 0 Å². The van der Waals surface area contributed by atoms with Crippen molar-refractivity contribution in [3.05, 3.63) is 24.3 Å². The fraction of sp³-hybridized carbons (Fsp3) is 0.579. The fourth-order valence-corrected chi connectivity index (χ4v) is 2.81. The summed E-state index contributed by atoms with van der Waals surface area (Å²) < 4.78 is 11.6. The van der Waals surface area contributed by atoms with Gasteiger partial charge in [0.25, 0.3) is 0 Å². The Morgan fingerprint density at radius 1 is 1.20 bits per heavy atom. The highest BCUT2D eigenvalue weighted by Gasteiger charge is 2.24. The van der Waals surface area contributed by atoms with Crippen LogP contribution in [0.5, 0.6) is 11.5 Å². The largest absolute Gasteiger partial charge is 0.486 e.